The summed E-state index contributed by atoms with van der Waals surface area (Å²) in [4.78, 5) is 12.6. The summed E-state index contributed by atoms with van der Waals surface area (Å²) in [6, 6.07) is 19.4. The lowest BCUT2D eigenvalue weighted by molar-refractivity contribution is 0.141. The minimum absolute atomic E-state index is 0.00960. The zero-order valence-corrected chi connectivity index (χ0v) is 16.4. The van der Waals surface area contributed by atoms with Gasteiger partial charge in [-0.05, 0) is 29.8 Å². The van der Waals surface area contributed by atoms with Crippen LogP contribution in [-0.4, -0.2) is 18.8 Å². The summed E-state index contributed by atoms with van der Waals surface area (Å²) in [5.41, 5.74) is 2.72. The van der Waals surface area contributed by atoms with Gasteiger partial charge in [0.15, 0.2) is 6.10 Å². The fourth-order valence-corrected chi connectivity index (χ4v) is 4.90. The van der Waals surface area contributed by atoms with Crippen LogP contribution < -0.4 is 0 Å². The molecule has 1 heterocycles. The number of sulfonamides is 1. The molecule has 0 radical (unpaired) electrons. The third-order valence-electron chi connectivity index (χ3n) is 4.66. The van der Waals surface area contributed by atoms with Crippen molar-refractivity contribution in [3.8, 4) is 0 Å². The molecule has 0 bridgehead atoms. The highest BCUT2D eigenvalue weighted by Gasteiger charge is 2.46. The normalized spacial score (nSPS) is 18.6. The van der Waals surface area contributed by atoms with Gasteiger partial charge in [-0.15, -0.1) is 0 Å². The van der Waals surface area contributed by atoms with Crippen LogP contribution in [0.4, 0.5) is 4.79 Å². The predicted molar refractivity (Wildman–Crippen MR) is 107 cm³/mol. The van der Waals surface area contributed by atoms with Crippen molar-refractivity contribution in [2.75, 3.05) is 0 Å². The van der Waals surface area contributed by atoms with Gasteiger partial charge in [0.2, 0.25) is 0 Å². The molecule has 1 saturated heterocycles. The van der Waals surface area contributed by atoms with Crippen molar-refractivity contribution in [2.24, 2.45) is 0 Å². The average molecular weight is 414 g/mol. The van der Waals surface area contributed by atoms with Crippen molar-refractivity contribution in [3.05, 3.63) is 89.1 Å². The van der Waals surface area contributed by atoms with E-state index < -0.39 is 22.2 Å². The number of carbonyl (C=O) groups excluding carboxylic acids is 1. The predicted octanol–water partition coefficient (Wildman–Crippen LogP) is 5.11. The zero-order chi connectivity index (χ0) is 19.9. The van der Waals surface area contributed by atoms with Gasteiger partial charge in [0.05, 0.1) is 10.6 Å². The second kappa shape index (κ2) is 6.96. The summed E-state index contributed by atoms with van der Waals surface area (Å²) >= 11 is 5.98. The number of fused-ring (bicyclic) bond motifs is 1. The van der Waals surface area contributed by atoms with Gasteiger partial charge < -0.3 is 4.74 Å². The second-order valence-corrected chi connectivity index (χ2v) is 8.45. The van der Waals surface area contributed by atoms with Crippen LogP contribution in [0, 0.1) is 6.92 Å². The van der Waals surface area contributed by atoms with E-state index >= 15 is 0 Å². The number of ether oxygens (including phenoxy) is 1. The number of aryl methyl sites for hydroxylation is 1. The first-order valence-corrected chi connectivity index (χ1v) is 10.4. The molecule has 5 nitrogen and oxygen atoms in total. The summed E-state index contributed by atoms with van der Waals surface area (Å²) in [7, 11) is -4.15. The average Bonchev–Trinajstić information content (AvgIpc) is 3.04. The maximum atomic E-state index is 13.1. The molecule has 3 aromatic carbocycles. The molecule has 0 N–H and O–H groups in total. The Bertz CT molecular complexity index is 1200. The second-order valence-electron chi connectivity index (χ2n) is 6.45. The molecule has 0 spiro atoms. The van der Waals surface area contributed by atoms with Gasteiger partial charge in [-0.25, -0.2) is 13.2 Å². The van der Waals surface area contributed by atoms with Crippen LogP contribution in [0.25, 0.3) is 10.8 Å². The van der Waals surface area contributed by atoms with Crippen LogP contribution >= 0.6 is 11.6 Å². The Morgan fingerprint density at radius 3 is 2.39 bits per heavy atom. The largest absolute Gasteiger partial charge is 0.434 e. The van der Waals surface area contributed by atoms with Crippen molar-refractivity contribution in [2.45, 2.75) is 17.9 Å². The van der Waals surface area contributed by atoms with Crippen LogP contribution in [0.15, 0.2) is 82.9 Å². The minimum Gasteiger partial charge on any atom is -0.434 e. The summed E-state index contributed by atoms with van der Waals surface area (Å²) < 4.78 is 32.3. The first-order valence-electron chi connectivity index (χ1n) is 8.54. The van der Waals surface area contributed by atoms with E-state index in [9.17, 15) is 13.2 Å². The number of halogens is 1. The number of hydrogen-bond acceptors (Lipinski definition) is 4. The lowest BCUT2D eigenvalue weighted by atomic mass is 9.99. The lowest BCUT2D eigenvalue weighted by Gasteiger charge is -2.17. The van der Waals surface area contributed by atoms with Gasteiger partial charge in [0.1, 0.15) is 0 Å². The Morgan fingerprint density at radius 1 is 1.00 bits per heavy atom. The molecule has 1 aliphatic heterocycles. The molecule has 1 unspecified atom stereocenters. The zero-order valence-electron chi connectivity index (χ0n) is 14.9. The molecule has 0 aliphatic carbocycles. The first-order chi connectivity index (χ1) is 13.4. The Balaban J connectivity index is 1.82. The Hall–Kier alpha value is -2.83. The number of carbonyl (C=O) groups is 1. The Labute approximate surface area is 167 Å². The maximum absolute atomic E-state index is 13.1. The Kier molecular flexibility index (Phi) is 4.61. The van der Waals surface area contributed by atoms with E-state index in [4.69, 9.17) is 16.3 Å². The molecular formula is C21H16ClNO4S. The van der Waals surface area contributed by atoms with E-state index in [0.29, 0.717) is 9.87 Å². The van der Waals surface area contributed by atoms with E-state index in [2.05, 4.69) is 0 Å². The maximum Gasteiger partial charge on any atom is 0.429 e. The standard InChI is InChI=1S/C21H16ClNO4S/c1-14-9-11-16(12-10-14)28(25,26)23-19(13-22)20(27-21(23)24)18-8-4-6-15-5-2-3-7-17(15)18/h2-13,20H,1H3/b19-13-. The van der Waals surface area contributed by atoms with Crippen LogP contribution in [0.1, 0.15) is 17.2 Å². The molecule has 142 valence electrons. The van der Waals surface area contributed by atoms with Crippen LogP contribution in [-0.2, 0) is 14.8 Å². The summed E-state index contributed by atoms with van der Waals surface area (Å²) in [6.07, 6.45) is -1.90. The van der Waals surface area contributed by atoms with Crippen molar-refractivity contribution in [1.82, 2.24) is 4.31 Å². The number of amides is 1. The number of rotatable bonds is 3. The molecule has 28 heavy (non-hydrogen) atoms. The van der Waals surface area contributed by atoms with Crippen LogP contribution in [0.3, 0.4) is 0 Å². The number of benzene rings is 3. The molecule has 1 fully saturated rings. The molecule has 1 atom stereocenters. The van der Waals surface area contributed by atoms with Crippen molar-refractivity contribution in [1.29, 1.82) is 0 Å². The number of cyclic esters (lactones) is 1. The van der Waals surface area contributed by atoms with E-state index in [1.807, 2.05) is 43.3 Å². The van der Waals surface area contributed by atoms with Gasteiger partial charge in [0.25, 0.3) is 10.0 Å². The molecule has 1 amide bonds. The highest BCUT2D eigenvalue weighted by atomic mass is 35.5. The summed E-state index contributed by atoms with van der Waals surface area (Å²) in [5.74, 6) is 0. The van der Waals surface area contributed by atoms with E-state index in [0.717, 1.165) is 21.9 Å². The monoisotopic (exact) mass is 413 g/mol. The molecule has 4 rings (SSSR count). The van der Waals surface area contributed by atoms with E-state index in [-0.39, 0.29) is 10.6 Å². The van der Waals surface area contributed by atoms with Gasteiger partial charge in [-0.3, -0.25) is 0 Å². The molecular weight excluding hydrogens is 398 g/mol. The molecule has 1 aliphatic rings. The molecule has 0 saturated carbocycles. The Morgan fingerprint density at radius 2 is 1.68 bits per heavy atom. The van der Waals surface area contributed by atoms with E-state index in [1.165, 1.54) is 12.1 Å². The fraction of sp³-hybridized carbons (Fsp3) is 0.0952. The summed E-state index contributed by atoms with van der Waals surface area (Å²) in [6.45, 7) is 1.85. The summed E-state index contributed by atoms with van der Waals surface area (Å²) in [5, 5.41) is 1.80. The highest BCUT2D eigenvalue weighted by Crippen LogP contribution is 2.41. The SMILES string of the molecule is Cc1ccc(S(=O)(=O)N2C(=O)OC(c3cccc4ccccc34)/C2=C/Cl)cc1. The number of nitrogens with zero attached hydrogens (tertiary/aromatic N) is 1. The first kappa shape index (κ1) is 18.5. The highest BCUT2D eigenvalue weighted by molar-refractivity contribution is 7.89. The number of hydrogen-bond donors (Lipinski definition) is 0. The molecule has 0 aromatic heterocycles. The lowest BCUT2D eigenvalue weighted by Crippen LogP contribution is -2.30. The van der Waals surface area contributed by atoms with Crippen molar-refractivity contribution >= 4 is 38.5 Å². The third kappa shape index (κ3) is 2.95. The smallest absolute Gasteiger partial charge is 0.429 e. The van der Waals surface area contributed by atoms with Gasteiger partial charge >= 0.3 is 6.09 Å². The van der Waals surface area contributed by atoms with Crippen LogP contribution in [0.5, 0.6) is 0 Å². The van der Waals surface area contributed by atoms with Gasteiger partial charge in [-0.1, -0.05) is 71.8 Å². The van der Waals surface area contributed by atoms with Gasteiger partial charge in [-0.2, -0.15) is 4.31 Å². The minimum atomic E-state index is -4.15. The molecule has 3 aromatic rings. The van der Waals surface area contributed by atoms with Crippen molar-refractivity contribution in [3.63, 3.8) is 0 Å². The van der Waals surface area contributed by atoms with Gasteiger partial charge in [0, 0.05) is 11.1 Å². The van der Waals surface area contributed by atoms with Crippen LogP contribution in [0.2, 0.25) is 0 Å². The third-order valence-corrected chi connectivity index (χ3v) is 6.60. The quantitative estimate of drug-likeness (QED) is 0.598. The van der Waals surface area contributed by atoms with Crippen molar-refractivity contribution < 1.29 is 17.9 Å². The van der Waals surface area contributed by atoms with E-state index in [1.54, 1.807) is 18.2 Å². The molecule has 7 heteroatoms. The fourth-order valence-electron chi connectivity index (χ4n) is 3.28. The topological polar surface area (TPSA) is 63.7 Å².